The Morgan fingerprint density at radius 2 is 2.14 bits per heavy atom. The molecule has 78 valence electrons. The quantitative estimate of drug-likeness (QED) is 0.774. The molecule has 14 heavy (non-hydrogen) atoms. The first-order valence-corrected chi connectivity index (χ1v) is 4.65. The molecule has 0 saturated carbocycles. The molecular formula is C11H15FO2. The summed E-state index contributed by atoms with van der Waals surface area (Å²) < 4.78 is 12.9. The molecule has 0 spiro atoms. The van der Waals surface area contributed by atoms with Crippen molar-refractivity contribution in [3.63, 3.8) is 0 Å². The molecule has 3 heteroatoms. The van der Waals surface area contributed by atoms with Crippen LogP contribution in [0.1, 0.15) is 25.3 Å². The van der Waals surface area contributed by atoms with Crippen LogP contribution in [0, 0.1) is 5.82 Å². The van der Waals surface area contributed by atoms with Gasteiger partial charge in [-0.05, 0) is 37.5 Å². The second-order valence-corrected chi connectivity index (χ2v) is 3.61. The standard InChI is InChI=1S/C11H15FO2/c1-11(14,6-3-7-13)9-4-2-5-10(12)8-9/h2,4-5,8,13-14H,3,6-7H2,1H3. The SMILES string of the molecule is CC(O)(CCCO)c1cccc(F)c1. The lowest BCUT2D eigenvalue weighted by Gasteiger charge is -2.23. The van der Waals surface area contributed by atoms with Crippen molar-refractivity contribution in [1.82, 2.24) is 0 Å². The van der Waals surface area contributed by atoms with E-state index in [1.54, 1.807) is 19.1 Å². The van der Waals surface area contributed by atoms with E-state index in [0.29, 0.717) is 18.4 Å². The van der Waals surface area contributed by atoms with Gasteiger partial charge in [0.1, 0.15) is 5.82 Å². The number of hydrogen-bond acceptors (Lipinski definition) is 2. The fourth-order valence-corrected chi connectivity index (χ4v) is 1.39. The van der Waals surface area contributed by atoms with Gasteiger partial charge in [-0.15, -0.1) is 0 Å². The van der Waals surface area contributed by atoms with Gasteiger partial charge in [0.15, 0.2) is 0 Å². The highest BCUT2D eigenvalue weighted by Gasteiger charge is 2.22. The molecule has 0 saturated heterocycles. The average molecular weight is 198 g/mol. The Morgan fingerprint density at radius 3 is 2.71 bits per heavy atom. The second kappa shape index (κ2) is 4.53. The molecule has 1 aromatic carbocycles. The van der Waals surface area contributed by atoms with E-state index in [1.165, 1.54) is 12.1 Å². The monoisotopic (exact) mass is 198 g/mol. The van der Waals surface area contributed by atoms with Crippen molar-refractivity contribution in [3.8, 4) is 0 Å². The van der Waals surface area contributed by atoms with Crippen LogP contribution in [0.15, 0.2) is 24.3 Å². The highest BCUT2D eigenvalue weighted by atomic mass is 19.1. The fraction of sp³-hybridized carbons (Fsp3) is 0.455. The van der Waals surface area contributed by atoms with Crippen molar-refractivity contribution < 1.29 is 14.6 Å². The zero-order valence-electron chi connectivity index (χ0n) is 8.20. The number of halogens is 1. The second-order valence-electron chi connectivity index (χ2n) is 3.61. The van der Waals surface area contributed by atoms with Crippen molar-refractivity contribution >= 4 is 0 Å². The predicted molar refractivity (Wildman–Crippen MR) is 52.3 cm³/mol. The van der Waals surface area contributed by atoms with Crippen LogP contribution in [-0.4, -0.2) is 16.8 Å². The third kappa shape index (κ3) is 2.79. The maximum atomic E-state index is 12.9. The van der Waals surface area contributed by atoms with E-state index in [0.717, 1.165) is 0 Å². The summed E-state index contributed by atoms with van der Waals surface area (Å²) in [7, 11) is 0. The van der Waals surface area contributed by atoms with Gasteiger partial charge in [0.25, 0.3) is 0 Å². The predicted octanol–water partition coefficient (Wildman–Crippen LogP) is 1.81. The molecule has 0 aliphatic rings. The Balaban J connectivity index is 2.80. The van der Waals surface area contributed by atoms with Gasteiger partial charge in [-0.1, -0.05) is 12.1 Å². The van der Waals surface area contributed by atoms with Crippen molar-refractivity contribution in [3.05, 3.63) is 35.6 Å². The number of aliphatic hydroxyl groups excluding tert-OH is 1. The van der Waals surface area contributed by atoms with Crippen LogP contribution in [0.3, 0.4) is 0 Å². The molecule has 1 unspecified atom stereocenters. The Labute approximate surface area is 83.0 Å². The largest absolute Gasteiger partial charge is 0.396 e. The molecule has 1 rings (SSSR count). The third-order valence-corrected chi connectivity index (χ3v) is 2.27. The zero-order chi connectivity index (χ0) is 10.6. The first kappa shape index (κ1) is 11.1. The van der Waals surface area contributed by atoms with Crippen LogP contribution in [0.25, 0.3) is 0 Å². The highest BCUT2D eigenvalue weighted by Crippen LogP contribution is 2.25. The van der Waals surface area contributed by atoms with E-state index in [1.807, 2.05) is 0 Å². The number of benzene rings is 1. The fourth-order valence-electron chi connectivity index (χ4n) is 1.39. The van der Waals surface area contributed by atoms with Crippen molar-refractivity contribution in [1.29, 1.82) is 0 Å². The van der Waals surface area contributed by atoms with Gasteiger partial charge in [-0.3, -0.25) is 0 Å². The molecule has 1 atom stereocenters. The summed E-state index contributed by atoms with van der Waals surface area (Å²) in [5, 5.41) is 18.6. The van der Waals surface area contributed by atoms with Gasteiger partial charge in [0.05, 0.1) is 5.60 Å². The molecule has 0 aromatic heterocycles. The van der Waals surface area contributed by atoms with Gasteiger partial charge < -0.3 is 10.2 Å². The highest BCUT2D eigenvalue weighted by molar-refractivity contribution is 5.22. The number of rotatable bonds is 4. The van der Waals surface area contributed by atoms with E-state index < -0.39 is 5.60 Å². The molecule has 0 aliphatic heterocycles. The minimum Gasteiger partial charge on any atom is -0.396 e. The van der Waals surface area contributed by atoms with Crippen LogP contribution in [0.5, 0.6) is 0 Å². The van der Waals surface area contributed by atoms with Gasteiger partial charge in [-0.25, -0.2) is 4.39 Å². The Morgan fingerprint density at radius 1 is 1.43 bits per heavy atom. The van der Waals surface area contributed by atoms with E-state index in [-0.39, 0.29) is 12.4 Å². The summed E-state index contributed by atoms with van der Waals surface area (Å²) in [5.41, 5.74) is -0.517. The van der Waals surface area contributed by atoms with E-state index >= 15 is 0 Å². The molecule has 0 radical (unpaired) electrons. The van der Waals surface area contributed by atoms with E-state index in [2.05, 4.69) is 0 Å². The third-order valence-electron chi connectivity index (χ3n) is 2.27. The van der Waals surface area contributed by atoms with E-state index in [9.17, 15) is 9.50 Å². The summed E-state index contributed by atoms with van der Waals surface area (Å²) in [6.07, 6.45) is 0.927. The van der Waals surface area contributed by atoms with Gasteiger partial charge in [-0.2, -0.15) is 0 Å². The van der Waals surface area contributed by atoms with Crippen LogP contribution in [0.4, 0.5) is 4.39 Å². The molecule has 0 bridgehead atoms. The average Bonchev–Trinajstić information content (AvgIpc) is 2.15. The zero-order valence-corrected chi connectivity index (χ0v) is 8.20. The first-order valence-electron chi connectivity index (χ1n) is 4.65. The van der Waals surface area contributed by atoms with Crippen LogP contribution in [0.2, 0.25) is 0 Å². The molecule has 0 amide bonds. The Hall–Kier alpha value is -0.930. The minimum atomic E-state index is -1.06. The lowest BCUT2D eigenvalue weighted by Crippen LogP contribution is -2.21. The molecule has 2 nitrogen and oxygen atoms in total. The molecule has 0 fully saturated rings. The van der Waals surface area contributed by atoms with E-state index in [4.69, 9.17) is 5.11 Å². The van der Waals surface area contributed by atoms with Crippen molar-refractivity contribution in [2.45, 2.75) is 25.4 Å². The first-order chi connectivity index (χ1) is 6.56. The van der Waals surface area contributed by atoms with Gasteiger partial charge >= 0.3 is 0 Å². The normalized spacial score (nSPS) is 15.1. The number of aliphatic hydroxyl groups is 2. The maximum absolute atomic E-state index is 12.9. The molecule has 0 aliphatic carbocycles. The van der Waals surface area contributed by atoms with Gasteiger partial charge in [0.2, 0.25) is 0 Å². The smallest absolute Gasteiger partial charge is 0.123 e. The molecule has 2 N–H and O–H groups in total. The molecule has 1 aromatic rings. The molecule has 0 heterocycles. The van der Waals surface area contributed by atoms with Gasteiger partial charge in [0, 0.05) is 6.61 Å². The Kier molecular flexibility index (Phi) is 3.61. The van der Waals surface area contributed by atoms with Crippen molar-refractivity contribution in [2.75, 3.05) is 6.61 Å². The number of hydrogen-bond donors (Lipinski definition) is 2. The van der Waals surface area contributed by atoms with Crippen molar-refractivity contribution in [2.24, 2.45) is 0 Å². The summed E-state index contributed by atoms with van der Waals surface area (Å²) >= 11 is 0. The maximum Gasteiger partial charge on any atom is 0.123 e. The summed E-state index contributed by atoms with van der Waals surface area (Å²) in [6.45, 7) is 1.66. The molecular weight excluding hydrogens is 183 g/mol. The van der Waals surface area contributed by atoms with Crippen LogP contribution < -0.4 is 0 Å². The summed E-state index contributed by atoms with van der Waals surface area (Å²) in [5.74, 6) is -0.355. The lowest BCUT2D eigenvalue weighted by atomic mass is 9.91. The topological polar surface area (TPSA) is 40.5 Å². The van der Waals surface area contributed by atoms with Crippen LogP contribution in [-0.2, 0) is 5.60 Å². The van der Waals surface area contributed by atoms with Crippen LogP contribution >= 0.6 is 0 Å². The lowest BCUT2D eigenvalue weighted by molar-refractivity contribution is 0.0400. The minimum absolute atomic E-state index is 0.0332. The summed E-state index contributed by atoms with van der Waals surface area (Å²) in [4.78, 5) is 0. The Bertz CT molecular complexity index is 297. The summed E-state index contributed by atoms with van der Waals surface area (Å²) in [6, 6.07) is 5.90.